The van der Waals surface area contributed by atoms with Crippen molar-refractivity contribution in [1.82, 2.24) is 14.9 Å². The van der Waals surface area contributed by atoms with Gasteiger partial charge >= 0.3 is 0 Å². The molecule has 0 unspecified atom stereocenters. The van der Waals surface area contributed by atoms with Crippen LogP contribution in [0.3, 0.4) is 0 Å². The number of hydrogen-bond acceptors (Lipinski definition) is 3. The van der Waals surface area contributed by atoms with Crippen LogP contribution in [0.25, 0.3) is 22.2 Å². The van der Waals surface area contributed by atoms with Crippen LogP contribution in [0, 0.1) is 5.92 Å². The molecule has 4 heteroatoms. The van der Waals surface area contributed by atoms with E-state index in [0.717, 1.165) is 43.5 Å². The highest BCUT2D eigenvalue weighted by Gasteiger charge is 2.16. The monoisotopic (exact) mass is 335 g/mol. The largest absolute Gasteiger partial charge is 0.476 e. The number of aryl methyl sites for hydroxylation is 1. The van der Waals surface area contributed by atoms with Gasteiger partial charge in [-0.15, -0.1) is 0 Å². The van der Waals surface area contributed by atoms with E-state index >= 15 is 0 Å². The second kappa shape index (κ2) is 7.28. The van der Waals surface area contributed by atoms with Crippen molar-refractivity contribution in [1.29, 1.82) is 0 Å². The van der Waals surface area contributed by atoms with Crippen LogP contribution in [0.2, 0.25) is 0 Å². The second-order valence-electron chi connectivity index (χ2n) is 6.72. The van der Waals surface area contributed by atoms with E-state index in [1.54, 1.807) is 0 Å². The van der Waals surface area contributed by atoms with Gasteiger partial charge in [0.1, 0.15) is 5.82 Å². The van der Waals surface area contributed by atoms with Gasteiger partial charge in [0, 0.05) is 12.1 Å². The number of nitrogens with one attached hydrogen (secondary N) is 1. The van der Waals surface area contributed by atoms with Crippen LogP contribution in [0.1, 0.15) is 19.8 Å². The molecule has 3 aromatic rings. The number of ether oxygens (including phenoxy) is 1. The SMILES string of the molecule is CCn1cc(OCC2CCNCC2)nc1-c1cccc2ccccc12. The van der Waals surface area contributed by atoms with E-state index in [1.807, 2.05) is 6.20 Å². The van der Waals surface area contributed by atoms with Crippen molar-refractivity contribution in [2.24, 2.45) is 5.92 Å². The molecule has 0 spiro atoms. The Morgan fingerprint density at radius 1 is 1.12 bits per heavy atom. The summed E-state index contributed by atoms with van der Waals surface area (Å²) in [7, 11) is 0. The van der Waals surface area contributed by atoms with Crippen molar-refractivity contribution >= 4 is 10.8 Å². The van der Waals surface area contributed by atoms with Crippen LogP contribution in [-0.2, 0) is 6.54 Å². The Hall–Kier alpha value is -2.33. The lowest BCUT2D eigenvalue weighted by Crippen LogP contribution is -2.30. The Bertz CT molecular complexity index is 844. The Morgan fingerprint density at radius 2 is 1.92 bits per heavy atom. The van der Waals surface area contributed by atoms with Crippen molar-refractivity contribution in [2.45, 2.75) is 26.3 Å². The fourth-order valence-corrected chi connectivity index (χ4v) is 3.59. The number of aromatic nitrogens is 2. The zero-order valence-corrected chi connectivity index (χ0v) is 14.7. The number of fused-ring (bicyclic) bond motifs is 1. The van der Waals surface area contributed by atoms with E-state index in [2.05, 4.69) is 59.3 Å². The van der Waals surface area contributed by atoms with Crippen LogP contribution < -0.4 is 10.1 Å². The Balaban J connectivity index is 1.62. The molecule has 1 aromatic heterocycles. The van der Waals surface area contributed by atoms with Gasteiger partial charge in [0.05, 0.1) is 12.8 Å². The van der Waals surface area contributed by atoms with Crippen molar-refractivity contribution in [2.75, 3.05) is 19.7 Å². The maximum Gasteiger partial charge on any atom is 0.232 e. The van der Waals surface area contributed by atoms with Gasteiger partial charge in [0.2, 0.25) is 5.88 Å². The van der Waals surface area contributed by atoms with Crippen LogP contribution in [0.15, 0.2) is 48.7 Å². The normalized spacial score (nSPS) is 15.6. The molecule has 1 saturated heterocycles. The molecule has 4 nitrogen and oxygen atoms in total. The molecule has 0 saturated carbocycles. The fourth-order valence-electron chi connectivity index (χ4n) is 3.59. The van der Waals surface area contributed by atoms with Gasteiger partial charge in [-0.25, -0.2) is 0 Å². The summed E-state index contributed by atoms with van der Waals surface area (Å²) < 4.78 is 8.22. The second-order valence-corrected chi connectivity index (χ2v) is 6.72. The summed E-state index contributed by atoms with van der Waals surface area (Å²) in [6, 6.07) is 14.9. The van der Waals surface area contributed by atoms with Crippen LogP contribution in [0.5, 0.6) is 5.88 Å². The maximum absolute atomic E-state index is 6.04. The molecule has 25 heavy (non-hydrogen) atoms. The van der Waals surface area contributed by atoms with Crippen molar-refractivity contribution < 1.29 is 4.74 Å². The number of imidazole rings is 1. The van der Waals surface area contributed by atoms with E-state index in [-0.39, 0.29) is 0 Å². The number of benzene rings is 2. The Kier molecular flexibility index (Phi) is 4.70. The first-order chi connectivity index (χ1) is 12.3. The van der Waals surface area contributed by atoms with Gasteiger partial charge in [-0.1, -0.05) is 42.5 Å². The highest BCUT2D eigenvalue weighted by Crippen LogP contribution is 2.30. The van der Waals surface area contributed by atoms with E-state index in [1.165, 1.54) is 23.6 Å². The first-order valence-corrected chi connectivity index (χ1v) is 9.24. The van der Waals surface area contributed by atoms with E-state index in [9.17, 15) is 0 Å². The van der Waals surface area contributed by atoms with E-state index in [4.69, 9.17) is 9.72 Å². The molecule has 0 radical (unpaired) electrons. The predicted molar refractivity (Wildman–Crippen MR) is 102 cm³/mol. The lowest BCUT2D eigenvalue weighted by molar-refractivity contribution is 0.209. The van der Waals surface area contributed by atoms with Gasteiger partial charge in [-0.05, 0) is 49.5 Å². The predicted octanol–water partition coefficient (Wildman–Crippen LogP) is 4.10. The zero-order valence-electron chi connectivity index (χ0n) is 14.7. The maximum atomic E-state index is 6.04. The van der Waals surface area contributed by atoms with E-state index < -0.39 is 0 Å². The molecule has 130 valence electrons. The smallest absolute Gasteiger partial charge is 0.232 e. The van der Waals surface area contributed by atoms with Gasteiger partial charge in [-0.3, -0.25) is 0 Å². The van der Waals surface area contributed by atoms with Crippen molar-refractivity contribution in [3.63, 3.8) is 0 Å². The minimum atomic E-state index is 0.633. The average Bonchev–Trinajstić information content (AvgIpc) is 3.10. The molecular formula is C21H25N3O. The molecule has 1 fully saturated rings. The molecule has 0 aliphatic carbocycles. The molecule has 1 N–H and O–H groups in total. The summed E-state index contributed by atoms with van der Waals surface area (Å²) in [6.45, 7) is 5.98. The Labute approximate surface area is 148 Å². The highest BCUT2D eigenvalue weighted by atomic mass is 16.5. The lowest BCUT2D eigenvalue weighted by atomic mass is 9.99. The minimum Gasteiger partial charge on any atom is -0.476 e. The van der Waals surface area contributed by atoms with E-state index in [0.29, 0.717) is 5.92 Å². The Morgan fingerprint density at radius 3 is 2.76 bits per heavy atom. The van der Waals surface area contributed by atoms with Gasteiger partial charge < -0.3 is 14.6 Å². The molecule has 1 aliphatic rings. The van der Waals surface area contributed by atoms with Gasteiger partial charge in [0.25, 0.3) is 0 Å². The zero-order chi connectivity index (χ0) is 17.1. The number of nitrogens with zero attached hydrogens (tertiary/aromatic N) is 2. The topological polar surface area (TPSA) is 39.1 Å². The molecule has 2 aromatic carbocycles. The summed E-state index contributed by atoms with van der Waals surface area (Å²) in [5, 5.41) is 5.87. The van der Waals surface area contributed by atoms with Crippen LogP contribution in [0.4, 0.5) is 0 Å². The highest BCUT2D eigenvalue weighted by molar-refractivity contribution is 5.95. The molecule has 0 bridgehead atoms. The first kappa shape index (κ1) is 16.2. The minimum absolute atomic E-state index is 0.633. The molecule has 2 heterocycles. The summed E-state index contributed by atoms with van der Waals surface area (Å²) in [5.41, 5.74) is 1.16. The average molecular weight is 335 g/mol. The number of rotatable bonds is 5. The molecule has 0 amide bonds. The summed E-state index contributed by atoms with van der Waals surface area (Å²) in [5.74, 6) is 2.36. The fraction of sp³-hybridized carbons (Fsp3) is 0.381. The lowest BCUT2D eigenvalue weighted by Gasteiger charge is -2.21. The third-order valence-electron chi connectivity index (χ3n) is 5.05. The molecular weight excluding hydrogens is 310 g/mol. The van der Waals surface area contributed by atoms with Gasteiger partial charge in [0.15, 0.2) is 0 Å². The number of piperidine rings is 1. The van der Waals surface area contributed by atoms with Crippen LogP contribution in [-0.4, -0.2) is 29.2 Å². The molecule has 0 atom stereocenters. The van der Waals surface area contributed by atoms with Crippen molar-refractivity contribution in [3.05, 3.63) is 48.7 Å². The van der Waals surface area contributed by atoms with Gasteiger partial charge in [-0.2, -0.15) is 4.98 Å². The van der Waals surface area contributed by atoms with Crippen molar-refractivity contribution in [3.8, 4) is 17.3 Å². The summed E-state index contributed by atoms with van der Waals surface area (Å²) in [4.78, 5) is 4.81. The quantitative estimate of drug-likeness (QED) is 0.763. The number of hydrogen-bond donors (Lipinski definition) is 1. The third-order valence-corrected chi connectivity index (χ3v) is 5.05. The standard InChI is InChI=1S/C21H25N3O/c1-2-24-14-20(25-15-16-10-12-22-13-11-16)23-21(24)19-9-5-7-17-6-3-4-8-18(17)19/h3-9,14,16,22H,2,10-13,15H2,1H3. The first-order valence-electron chi connectivity index (χ1n) is 9.24. The third kappa shape index (κ3) is 3.40. The summed E-state index contributed by atoms with van der Waals surface area (Å²) in [6.07, 6.45) is 4.41. The van der Waals surface area contributed by atoms with Crippen LogP contribution >= 0.6 is 0 Å². The molecule has 4 rings (SSSR count). The molecule has 1 aliphatic heterocycles. The summed E-state index contributed by atoms with van der Waals surface area (Å²) >= 11 is 0.